The van der Waals surface area contributed by atoms with Crippen LogP contribution in [-0.2, 0) is 0 Å². The first kappa shape index (κ1) is 15.9. The van der Waals surface area contributed by atoms with Crippen LogP contribution in [0.1, 0.15) is 37.0 Å². The molecule has 0 bridgehead atoms. The number of anilines is 1. The molecular formula is C13H18FN3O3. The first-order chi connectivity index (χ1) is 9.29. The van der Waals surface area contributed by atoms with E-state index >= 15 is 0 Å². The van der Waals surface area contributed by atoms with Gasteiger partial charge in [-0.3, -0.25) is 14.9 Å². The number of nitrogens with zero attached hydrogens (tertiary/aromatic N) is 2. The van der Waals surface area contributed by atoms with Gasteiger partial charge in [-0.15, -0.1) is 0 Å². The average Bonchev–Trinajstić information content (AvgIpc) is 2.39. The highest BCUT2D eigenvalue weighted by Crippen LogP contribution is 2.26. The third-order valence-corrected chi connectivity index (χ3v) is 3.23. The highest BCUT2D eigenvalue weighted by Gasteiger charge is 2.27. The number of halogens is 1. The summed E-state index contributed by atoms with van der Waals surface area (Å²) in [5.41, 5.74) is 4.35. The molecule has 7 heteroatoms. The molecule has 2 N–H and O–H groups in total. The van der Waals surface area contributed by atoms with Crippen LogP contribution in [0, 0.1) is 15.9 Å². The number of carbonyl (C=O) groups excluding carboxylic acids is 1. The van der Waals surface area contributed by atoms with E-state index in [1.807, 2.05) is 13.8 Å². The summed E-state index contributed by atoms with van der Waals surface area (Å²) in [6.07, 6.45) is 1.65. The molecule has 1 aromatic rings. The Kier molecular flexibility index (Phi) is 5.01. The molecule has 0 aliphatic heterocycles. The second-order valence-electron chi connectivity index (χ2n) is 4.70. The van der Waals surface area contributed by atoms with Crippen molar-refractivity contribution in [3.8, 4) is 0 Å². The smallest absolute Gasteiger partial charge is 0.285 e. The molecule has 110 valence electrons. The first-order valence-electron chi connectivity index (χ1n) is 6.30. The Morgan fingerprint density at radius 3 is 2.65 bits per heavy atom. The Morgan fingerprint density at radius 2 is 2.15 bits per heavy atom. The second-order valence-corrected chi connectivity index (χ2v) is 4.70. The predicted octanol–water partition coefficient (Wildman–Crippen LogP) is 2.58. The van der Waals surface area contributed by atoms with Crippen LogP contribution in [0.25, 0.3) is 0 Å². The van der Waals surface area contributed by atoms with Crippen LogP contribution in [0.5, 0.6) is 0 Å². The van der Waals surface area contributed by atoms with E-state index in [-0.39, 0.29) is 17.3 Å². The van der Waals surface area contributed by atoms with Crippen molar-refractivity contribution in [3.05, 3.63) is 33.6 Å². The standard InChI is InChI=1S/C13H18FN3O3/c1-4-5-8(2)16(3)13(18)9-6-11(15)10(14)7-12(9)17(19)20/h6-8H,4-5,15H2,1-3H3. The summed E-state index contributed by atoms with van der Waals surface area (Å²) in [7, 11) is 1.56. The van der Waals surface area contributed by atoms with Gasteiger partial charge >= 0.3 is 0 Å². The van der Waals surface area contributed by atoms with Crippen LogP contribution < -0.4 is 5.73 Å². The van der Waals surface area contributed by atoms with Crippen LogP contribution in [0.3, 0.4) is 0 Å². The second kappa shape index (κ2) is 6.31. The maximum Gasteiger partial charge on any atom is 0.285 e. The Bertz CT molecular complexity index is 534. The number of rotatable bonds is 5. The summed E-state index contributed by atoms with van der Waals surface area (Å²) >= 11 is 0. The van der Waals surface area contributed by atoms with Gasteiger partial charge in [-0.2, -0.15) is 0 Å². The summed E-state index contributed by atoms with van der Waals surface area (Å²) < 4.78 is 13.3. The van der Waals surface area contributed by atoms with E-state index in [1.54, 1.807) is 7.05 Å². The fraction of sp³-hybridized carbons (Fsp3) is 0.462. The monoisotopic (exact) mass is 283 g/mol. The molecular weight excluding hydrogens is 265 g/mol. The van der Waals surface area contributed by atoms with E-state index in [2.05, 4.69) is 0 Å². The van der Waals surface area contributed by atoms with E-state index in [1.165, 1.54) is 4.90 Å². The number of hydrogen-bond donors (Lipinski definition) is 1. The molecule has 20 heavy (non-hydrogen) atoms. The molecule has 1 aromatic carbocycles. The Balaban J connectivity index is 3.21. The molecule has 0 aliphatic rings. The van der Waals surface area contributed by atoms with Crippen LogP contribution in [0.4, 0.5) is 15.8 Å². The van der Waals surface area contributed by atoms with Crippen molar-refractivity contribution in [3.63, 3.8) is 0 Å². The molecule has 0 aromatic heterocycles. The minimum atomic E-state index is -0.905. The topological polar surface area (TPSA) is 89.5 Å². The molecule has 1 amide bonds. The van der Waals surface area contributed by atoms with E-state index in [4.69, 9.17) is 5.73 Å². The highest BCUT2D eigenvalue weighted by atomic mass is 19.1. The lowest BCUT2D eigenvalue weighted by Crippen LogP contribution is -2.35. The van der Waals surface area contributed by atoms with Gasteiger partial charge < -0.3 is 10.6 Å². The maximum atomic E-state index is 13.3. The van der Waals surface area contributed by atoms with Crippen molar-refractivity contribution in [1.29, 1.82) is 0 Å². The predicted molar refractivity (Wildman–Crippen MR) is 73.9 cm³/mol. The molecule has 0 aliphatic carbocycles. The van der Waals surface area contributed by atoms with Crippen molar-refractivity contribution in [1.82, 2.24) is 4.90 Å². The zero-order valence-corrected chi connectivity index (χ0v) is 11.7. The van der Waals surface area contributed by atoms with Crippen molar-refractivity contribution in [2.75, 3.05) is 12.8 Å². The van der Waals surface area contributed by atoms with Gasteiger partial charge in [0.1, 0.15) is 5.56 Å². The zero-order valence-electron chi connectivity index (χ0n) is 11.7. The summed E-state index contributed by atoms with van der Waals surface area (Å²) in [6.45, 7) is 3.83. The van der Waals surface area contributed by atoms with Gasteiger partial charge in [0.15, 0.2) is 5.82 Å². The lowest BCUT2D eigenvalue weighted by atomic mass is 10.1. The van der Waals surface area contributed by atoms with E-state index < -0.39 is 22.3 Å². The van der Waals surface area contributed by atoms with Gasteiger partial charge in [0.25, 0.3) is 11.6 Å². The average molecular weight is 283 g/mol. The number of benzene rings is 1. The normalized spacial score (nSPS) is 12.0. The Labute approximate surface area is 116 Å². The molecule has 1 rings (SSSR count). The molecule has 0 fully saturated rings. The first-order valence-corrected chi connectivity index (χ1v) is 6.30. The number of nitrogens with two attached hydrogens (primary N) is 1. The number of hydrogen-bond acceptors (Lipinski definition) is 4. The van der Waals surface area contributed by atoms with Gasteiger partial charge in [0, 0.05) is 13.1 Å². The quantitative estimate of drug-likeness (QED) is 0.511. The maximum absolute atomic E-state index is 13.3. The van der Waals surface area contributed by atoms with Crippen LogP contribution in [0.15, 0.2) is 12.1 Å². The van der Waals surface area contributed by atoms with Crippen molar-refractivity contribution in [2.45, 2.75) is 32.7 Å². The highest BCUT2D eigenvalue weighted by molar-refractivity contribution is 5.99. The SMILES string of the molecule is CCCC(C)N(C)C(=O)c1cc(N)c(F)cc1[N+](=O)[O-]. The number of nitro groups is 1. The van der Waals surface area contributed by atoms with Gasteiger partial charge in [-0.05, 0) is 19.4 Å². The third-order valence-electron chi connectivity index (χ3n) is 3.23. The number of amides is 1. The van der Waals surface area contributed by atoms with Gasteiger partial charge in [0.05, 0.1) is 16.7 Å². The minimum absolute atomic E-state index is 0.0709. The molecule has 0 saturated carbocycles. The number of nitrogen functional groups attached to an aromatic ring is 1. The van der Waals surface area contributed by atoms with Crippen molar-refractivity contribution >= 4 is 17.3 Å². The van der Waals surface area contributed by atoms with Crippen LogP contribution in [0.2, 0.25) is 0 Å². The molecule has 0 spiro atoms. The molecule has 0 heterocycles. The van der Waals surface area contributed by atoms with E-state index in [0.717, 1.165) is 18.9 Å². The van der Waals surface area contributed by atoms with E-state index in [9.17, 15) is 19.3 Å². The summed E-state index contributed by atoms with van der Waals surface area (Å²) in [4.78, 5) is 23.9. The molecule has 6 nitrogen and oxygen atoms in total. The number of carbonyl (C=O) groups is 1. The van der Waals surface area contributed by atoms with Gasteiger partial charge in [0.2, 0.25) is 0 Å². The Morgan fingerprint density at radius 1 is 1.55 bits per heavy atom. The summed E-state index contributed by atoms with van der Waals surface area (Å²) in [5, 5.41) is 10.9. The number of nitro benzene ring substituents is 1. The fourth-order valence-electron chi connectivity index (χ4n) is 1.90. The molecule has 0 saturated heterocycles. The van der Waals surface area contributed by atoms with Crippen molar-refractivity contribution < 1.29 is 14.1 Å². The van der Waals surface area contributed by atoms with E-state index in [0.29, 0.717) is 6.07 Å². The van der Waals surface area contributed by atoms with Crippen LogP contribution >= 0.6 is 0 Å². The minimum Gasteiger partial charge on any atom is -0.396 e. The van der Waals surface area contributed by atoms with Gasteiger partial charge in [-0.25, -0.2) is 4.39 Å². The molecule has 0 radical (unpaired) electrons. The largest absolute Gasteiger partial charge is 0.396 e. The molecule has 1 atom stereocenters. The summed E-state index contributed by atoms with van der Waals surface area (Å²) in [6, 6.07) is 1.63. The zero-order chi connectivity index (χ0) is 15.4. The fourth-order valence-corrected chi connectivity index (χ4v) is 1.90. The molecule has 1 unspecified atom stereocenters. The lowest BCUT2D eigenvalue weighted by Gasteiger charge is -2.24. The van der Waals surface area contributed by atoms with Gasteiger partial charge in [-0.1, -0.05) is 13.3 Å². The lowest BCUT2D eigenvalue weighted by molar-refractivity contribution is -0.385. The summed E-state index contributed by atoms with van der Waals surface area (Å²) in [5.74, 6) is -1.44. The Hall–Kier alpha value is -2.18. The third kappa shape index (κ3) is 3.23. The van der Waals surface area contributed by atoms with Crippen LogP contribution in [-0.4, -0.2) is 28.8 Å². The van der Waals surface area contributed by atoms with Crippen molar-refractivity contribution in [2.24, 2.45) is 0 Å².